The van der Waals surface area contributed by atoms with E-state index in [1.165, 1.54) is 4.90 Å². The molecule has 0 spiro atoms. The lowest BCUT2D eigenvalue weighted by atomic mass is 10.1. The lowest BCUT2D eigenvalue weighted by molar-refractivity contribution is -0.154. The number of β-lactam (4-membered cyclic amide) rings is 1. The molecule has 0 radical (unpaired) electrons. The van der Waals surface area contributed by atoms with Gasteiger partial charge in [-0.05, 0) is 0 Å². The van der Waals surface area contributed by atoms with Crippen LogP contribution in [0.3, 0.4) is 0 Å². The molecular formula is C7H11NO2. The molecule has 3 heteroatoms. The van der Waals surface area contributed by atoms with Crippen molar-refractivity contribution < 1.29 is 9.59 Å². The molecule has 1 aliphatic rings. The Bertz CT molecular complexity index is 174. The molecule has 1 fully saturated rings. The summed E-state index contributed by atoms with van der Waals surface area (Å²) in [5, 5.41) is 0. The largest absolute Gasteiger partial charge is 0.282 e. The van der Waals surface area contributed by atoms with E-state index in [1.54, 1.807) is 13.8 Å². The number of hydrogen-bond donors (Lipinski definition) is 0. The van der Waals surface area contributed by atoms with Gasteiger partial charge < -0.3 is 0 Å². The van der Waals surface area contributed by atoms with Crippen LogP contribution in [0.15, 0.2) is 0 Å². The van der Waals surface area contributed by atoms with E-state index in [4.69, 9.17) is 0 Å². The first-order valence-electron chi connectivity index (χ1n) is 3.47. The minimum Gasteiger partial charge on any atom is -0.282 e. The van der Waals surface area contributed by atoms with Crippen LogP contribution in [-0.2, 0) is 9.59 Å². The Morgan fingerprint density at radius 1 is 1.60 bits per heavy atom. The molecule has 2 amide bonds. The van der Waals surface area contributed by atoms with Crippen LogP contribution < -0.4 is 0 Å². The number of carbonyl (C=O) groups is 2. The monoisotopic (exact) mass is 141 g/mol. The van der Waals surface area contributed by atoms with Gasteiger partial charge in [-0.2, -0.15) is 0 Å². The third kappa shape index (κ3) is 1.03. The van der Waals surface area contributed by atoms with Gasteiger partial charge in [-0.15, -0.1) is 0 Å². The van der Waals surface area contributed by atoms with Crippen LogP contribution in [0, 0.1) is 5.92 Å². The van der Waals surface area contributed by atoms with E-state index in [9.17, 15) is 9.59 Å². The van der Waals surface area contributed by atoms with Gasteiger partial charge in [-0.1, -0.05) is 13.8 Å². The van der Waals surface area contributed by atoms with E-state index in [0.29, 0.717) is 13.0 Å². The molecule has 1 saturated heterocycles. The first-order chi connectivity index (χ1) is 4.63. The van der Waals surface area contributed by atoms with Gasteiger partial charge in [-0.3, -0.25) is 14.5 Å². The van der Waals surface area contributed by atoms with Gasteiger partial charge in [0.25, 0.3) is 0 Å². The van der Waals surface area contributed by atoms with Crippen LogP contribution in [-0.4, -0.2) is 23.3 Å². The average molecular weight is 141 g/mol. The van der Waals surface area contributed by atoms with Gasteiger partial charge in [0.2, 0.25) is 11.8 Å². The Hall–Kier alpha value is -0.860. The minimum atomic E-state index is -0.0516. The molecule has 0 unspecified atom stereocenters. The van der Waals surface area contributed by atoms with Crippen molar-refractivity contribution in [3.8, 4) is 0 Å². The topological polar surface area (TPSA) is 37.4 Å². The summed E-state index contributed by atoms with van der Waals surface area (Å²) < 4.78 is 0. The molecule has 3 nitrogen and oxygen atoms in total. The fourth-order valence-corrected chi connectivity index (χ4v) is 0.860. The van der Waals surface area contributed by atoms with E-state index in [0.717, 1.165) is 0 Å². The first-order valence-corrected chi connectivity index (χ1v) is 3.47. The highest BCUT2D eigenvalue weighted by atomic mass is 16.2. The van der Waals surface area contributed by atoms with Crippen molar-refractivity contribution in [3.05, 3.63) is 0 Å². The SMILES string of the molecule is CC(C)C(=O)N1CCC1=O. The second kappa shape index (κ2) is 2.40. The van der Waals surface area contributed by atoms with Gasteiger partial charge in [0.05, 0.1) is 0 Å². The predicted molar refractivity (Wildman–Crippen MR) is 36.2 cm³/mol. The van der Waals surface area contributed by atoms with Crippen molar-refractivity contribution in [2.24, 2.45) is 5.92 Å². The Kier molecular flexibility index (Phi) is 1.74. The van der Waals surface area contributed by atoms with Gasteiger partial charge in [0.15, 0.2) is 0 Å². The summed E-state index contributed by atoms with van der Waals surface area (Å²) >= 11 is 0. The second-order valence-electron chi connectivity index (χ2n) is 2.79. The summed E-state index contributed by atoms with van der Waals surface area (Å²) in [5.74, 6) is -0.126. The number of hydrogen-bond acceptors (Lipinski definition) is 2. The van der Waals surface area contributed by atoms with E-state index in [1.807, 2.05) is 0 Å². The quantitative estimate of drug-likeness (QED) is 0.496. The van der Waals surface area contributed by atoms with Crippen molar-refractivity contribution in [1.82, 2.24) is 4.90 Å². The predicted octanol–water partition coefficient (Wildman–Crippen LogP) is 0.401. The van der Waals surface area contributed by atoms with Crippen LogP contribution in [0.5, 0.6) is 0 Å². The lowest BCUT2D eigenvalue weighted by Gasteiger charge is -2.29. The molecule has 56 valence electrons. The summed E-state index contributed by atoms with van der Waals surface area (Å²) in [5.41, 5.74) is 0. The van der Waals surface area contributed by atoms with E-state index in [-0.39, 0.29) is 17.7 Å². The lowest BCUT2D eigenvalue weighted by Crippen LogP contribution is -2.49. The maximum atomic E-state index is 11.0. The van der Waals surface area contributed by atoms with Crippen molar-refractivity contribution in [2.75, 3.05) is 6.54 Å². The van der Waals surface area contributed by atoms with E-state index >= 15 is 0 Å². The van der Waals surface area contributed by atoms with Gasteiger partial charge >= 0.3 is 0 Å². The summed E-state index contributed by atoms with van der Waals surface area (Å²) in [6, 6.07) is 0. The third-order valence-corrected chi connectivity index (χ3v) is 1.61. The Morgan fingerprint density at radius 3 is 2.30 bits per heavy atom. The molecule has 1 heterocycles. The molecule has 0 N–H and O–H groups in total. The highest BCUT2D eigenvalue weighted by Crippen LogP contribution is 2.12. The van der Waals surface area contributed by atoms with Crippen molar-refractivity contribution in [3.63, 3.8) is 0 Å². The molecule has 0 aliphatic carbocycles. The number of nitrogens with zero attached hydrogens (tertiary/aromatic N) is 1. The van der Waals surface area contributed by atoms with Crippen molar-refractivity contribution in [1.29, 1.82) is 0 Å². The number of likely N-dealkylation sites (tertiary alicyclic amines) is 1. The highest BCUT2D eigenvalue weighted by molar-refractivity contribution is 6.00. The Labute approximate surface area is 60.0 Å². The van der Waals surface area contributed by atoms with E-state index in [2.05, 4.69) is 0 Å². The molecule has 0 atom stereocenters. The third-order valence-electron chi connectivity index (χ3n) is 1.61. The zero-order valence-electron chi connectivity index (χ0n) is 6.26. The first kappa shape index (κ1) is 7.25. The molecule has 0 aromatic rings. The summed E-state index contributed by atoms with van der Waals surface area (Å²) in [7, 11) is 0. The van der Waals surface area contributed by atoms with Crippen LogP contribution in [0.25, 0.3) is 0 Å². The molecule has 0 aromatic heterocycles. The highest BCUT2D eigenvalue weighted by Gasteiger charge is 2.30. The van der Waals surface area contributed by atoms with Crippen LogP contribution in [0.2, 0.25) is 0 Å². The zero-order chi connectivity index (χ0) is 7.72. The fraction of sp³-hybridized carbons (Fsp3) is 0.714. The van der Waals surface area contributed by atoms with Crippen molar-refractivity contribution >= 4 is 11.8 Å². The zero-order valence-corrected chi connectivity index (χ0v) is 6.26. The molecule has 0 aromatic carbocycles. The normalized spacial score (nSPS) is 17.5. The van der Waals surface area contributed by atoms with E-state index < -0.39 is 0 Å². The fourth-order valence-electron chi connectivity index (χ4n) is 0.860. The average Bonchev–Trinajstić information content (AvgIpc) is 1.84. The van der Waals surface area contributed by atoms with Crippen LogP contribution >= 0.6 is 0 Å². The Morgan fingerprint density at radius 2 is 2.20 bits per heavy atom. The molecule has 0 saturated carbocycles. The molecule has 10 heavy (non-hydrogen) atoms. The molecule has 1 rings (SSSR count). The summed E-state index contributed by atoms with van der Waals surface area (Å²) in [6.45, 7) is 4.22. The number of imide groups is 1. The summed E-state index contributed by atoms with van der Waals surface area (Å²) in [4.78, 5) is 23.0. The number of amides is 2. The smallest absolute Gasteiger partial charge is 0.231 e. The van der Waals surface area contributed by atoms with Gasteiger partial charge in [-0.25, -0.2) is 0 Å². The van der Waals surface area contributed by atoms with Crippen LogP contribution in [0.4, 0.5) is 0 Å². The maximum Gasteiger partial charge on any atom is 0.231 e. The van der Waals surface area contributed by atoms with Crippen molar-refractivity contribution in [2.45, 2.75) is 20.3 Å². The maximum absolute atomic E-state index is 11.0. The molecule has 0 bridgehead atoms. The Balaban J connectivity index is 2.50. The second-order valence-corrected chi connectivity index (χ2v) is 2.79. The van der Waals surface area contributed by atoms with Gasteiger partial charge in [0, 0.05) is 18.9 Å². The number of carbonyl (C=O) groups excluding carboxylic acids is 2. The standard InChI is InChI=1S/C7H11NO2/c1-5(2)7(10)8-4-3-6(8)9/h5H,3-4H2,1-2H3. The summed E-state index contributed by atoms with van der Waals surface area (Å²) in [6.07, 6.45) is 0.540. The number of rotatable bonds is 1. The van der Waals surface area contributed by atoms with Crippen LogP contribution in [0.1, 0.15) is 20.3 Å². The molecule has 1 aliphatic heterocycles. The molecular weight excluding hydrogens is 130 g/mol. The van der Waals surface area contributed by atoms with Gasteiger partial charge in [0.1, 0.15) is 0 Å². The minimum absolute atomic E-state index is 0.0290.